The monoisotopic (exact) mass is 460 g/mol. The van der Waals surface area contributed by atoms with Gasteiger partial charge in [0.2, 0.25) is 5.91 Å². The van der Waals surface area contributed by atoms with Crippen LogP contribution in [-0.4, -0.2) is 55.6 Å². The van der Waals surface area contributed by atoms with Crippen LogP contribution in [0.25, 0.3) is 11.2 Å². The van der Waals surface area contributed by atoms with E-state index in [0.717, 1.165) is 51.7 Å². The van der Waals surface area contributed by atoms with Gasteiger partial charge in [0.15, 0.2) is 11.2 Å². The minimum absolute atomic E-state index is 0.0179. The van der Waals surface area contributed by atoms with E-state index in [4.69, 9.17) is 4.98 Å². The third-order valence-corrected chi connectivity index (χ3v) is 6.32. The van der Waals surface area contributed by atoms with Crippen LogP contribution >= 0.6 is 0 Å². The van der Waals surface area contributed by atoms with Crippen molar-refractivity contribution in [1.29, 1.82) is 0 Å². The highest BCUT2D eigenvalue weighted by Gasteiger charge is 2.22. The van der Waals surface area contributed by atoms with Crippen molar-refractivity contribution in [3.05, 3.63) is 26.7 Å². The molecule has 184 valence electrons. The van der Waals surface area contributed by atoms with Gasteiger partial charge < -0.3 is 14.8 Å². The van der Waals surface area contributed by atoms with Gasteiger partial charge in [-0.05, 0) is 38.1 Å². The SMILES string of the molecule is CCCCn1c(=O)[nH]c(=O)c2c1nc(CCC(=O)NC1CCN(CCC)CC1)n2CC(C)C. The van der Waals surface area contributed by atoms with Crippen LogP contribution in [0.1, 0.15) is 72.0 Å². The summed E-state index contributed by atoms with van der Waals surface area (Å²) in [6, 6.07) is 0.224. The minimum atomic E-state index is -0.422. The summed E-state index contributed by atoms with van der Waals surface area (Å²) in [5.41, 5.74) is 0.0222. The Balaban J connectivity index is 1.76. The number of imidazole rings is 1. The normalized spacial score (nSPS) is 15.5. The van der Waals surface area contributed by atoms with Gasteiger partial charge in [-0.25, -0.2) is 9.78 Å². The summed E-state index contributed by atoms with van der Waals surface area (Å²) in [5, 5.41) is 3.18. The van der Waals surface area contributed by atoms with E-state index in [9.17, 15) is 14.4 Å². The predicted octanol–water partition coefficient (Wildman–Crippen LogP) is 2.27. The van der Waals surface area contributed by atoms with Gasteiger partial charge >= 0.3 is 5.69 Å². The van der Waals surface area contributed by atoms with Gasteiger partial charge in [-0.3, -0.25) is 19.1 Å². The summed E-state index contributed by atoms with van der Waals surface area (Å²) < 4.78 is 3.46. The molecule has 0 saturated carbocycles. The molecule has 0 aromatic carbocycles. The highest BCUT2D eigenvalue weighted by atomic mass is 16.2. The quantitative estimate of drug-likeness (QED) is 0.535. The number of hydrogen-bond acceptors (Lipinski definition) is 5. The van der Waals surface area contributed by atoms with Gasteiger partial charge in [0.05, 0.1) is 0 Å². The van der Waals surface area contributed by atoms with E-state index in [1.807, 2.05) is 4.57 Å². The van der Waals surface area contributed by atoms with E-state index >= 15 is 0 Å². The number of fused-ring (bicyclic) bond motifs is 1. The molecule has 0 radical (unpaired) electrons. The first-order valence-corrected chi connectivity index (χ1v) is 12.6. The lowest BCUT2D eigenvalue weighted by Crippen LogP contribution is -2.44. The van der Waals surface area contributed by atoms with E-state index in [0.29, 0.717) is 48.8 Å². The molecule has 2 aromatic heterocycles. The molecule has 9 nitrogen and oxygen atoms in total. The third kappa shape index (κ3) is 6.34. The number of piperidine rings is 1. The van der Waals surface area contributed by atoms with Crippen LogP contribution in [-0.2, 0) is 24.3 Å². The Bertz CT molecular complexity index is 1040. The average molecular weight is 461 g/mol. The second-order valence-corrected chi connectivity index (χ2v) is 9.65. The molecular weight excluding hydrogens is 420 g/mol. The number of unbranched alkanes of at least 4 members (excludes halogenated alkanes) is 1. The highest BCUT2D eigenvalue weighted by molar-refractivity contribution is 5.77. The lowest BCUT2D eigenvalue weighted by Gasteiger charge is -2.32. The summed E-state index contributed by atoms with van der Waals surface area (Å²) in [6.45, 7) is 12.7. The van der Waals surface area contributed by atoms with E-state index in [-0.39, 0.29) is 11.9 Å². The number of nitrogens with zero attached hydrogens (tertiary/aromatic N) is 4. The number of aromatic nitrogens is 4. The first-order chi connectivity index (χ1) is 15.8. The first kappa shape index (κ1) is 25.2. The molecule has 9 heteroatoms. The van der Waals surface area contributed by atoms with Crippen LogP contribution in [0, 0.1) is 5.92 Å². The van der Waals surface area contributed by atoms with Crippen molar-refractivity contribution in [2.24, 2.45) is 5.92 Å². The molecule has 3 heterocycles. The van der Waals surface area contributed by atoms with Crippen molar-refractivity contribution in [3.63, 3.8) is 0 Å². The Morgan fingerprint density at radius 1 is 1.12 bits per heavy atom. The van der Waals surface area contributed by atoms with E-state index in [1.165, 1.54) is 0 Å². The smallest absolute Gasteiger partial charge is 0.330 e. The van der Waals surface area contributed by atoms with Gasteiger partial charge in [0, 0.05) is 45.1 Å². The fourth-order valence-electron chi connectivity index (χ4n) is 4.64. The van der Waals surface area contributed by atoms with Gasteiger partial charge in [0.25, 0.3) is 5.56 Å². The number of carbonyl (C=O) groups is 1. The Morgan fingerprint density at radius 3 is 2.48 bits per heavy atom. The molecule has 1 aliphatic rings. The maximum atomic E-state index is 12.7. The van der Waals surface area contributed by atoms with Gasteiger partial charge in [-0.2, -0.15) is 0 Å². The minimum Gasteiger partial charge on any atom is -0.353 e. The molecule has 0 unspecified atom stereocenters. The van der Waals surface area contributed by atoms with Crippen molar-refractivity contribution in [2.75, 3.05) is 19.6 Å². The number of rotatable bonds is 11. The van der Waals surface area contributed by atoms with Gasteiger partial charge in [-0.1, -0.05) is 34.1 Å². The first-order valence-electron chi connectivity index (χ1n) is 12.6. The van der Waals surface area contributed by atoms with Crippen LogP contribution in [0.2, 0.25) is 0 Å². The molecule has 2 aromatic rings. The van der Waals surface area contributed by atoms with Crippen molar-refractivity contribution in [3.8, 4) is 0 Å². The molecule has 33 heavy (non-hydrogen) atoms. The van der Waals surface area contributed by atoms with Crippen LogP contribution in [0.5, 0.6) is 0 Å². The van der Waals surface area contributed by atoms with E-state index in [1.54, 1.807) is 4.57 Å². The molecule has 0 atom stereocenters. The summed E-state index contributed by atoms with van der Waals surface area (Å²) >= 11 is 0. The number of nitrogens with one attached hydrogen (secondary N) is 2. The maximum absolute atomic E-state index is 12.7. The number of H-pyrrole nitrogens is 1. The molecule has 1 aliphatic heterocycles. The molecule has 3 rings (SSSR count). The molecule has 1 amide bonds. The zero-order chi connectivity index (χ0) is 24.0. The lowest BCUT2D eigenvalue weighted by atomic mass is 10.0. The Hall–Kier alpha value is -2.42. The zero-order valence-electron chi connectivity index (χ0n) is 20.7. The topological polar surface area (TPSA) is 105 Å². The third-order valence-electron chi connectivity index (χ3n) is 6.32. The fraction of sp³-hybridized carbons (Fsp3) is 0.750. The molecule has 0 aliphatic carbocycles. The van der Waals surface area contributed by atoms with Crippen molar-refractivity contribution in [1.82, 2.24) is 29.3 Å². The van der Waals surface area contributed by atoms with Crippen LogP contribution in [0.15, 0.2) is 9.59 Å². The van der Waals surface area contributed by atoms with E-state index < -0.39 is 11.2 Å². The summed E-state index contributed by atoms with van der Waals surface area (Å²) in [5.74, 6) is 0.996. The zero-order valence-corrected chi connectivity index (χ0v) is 20.7. The molecular formula is C24H40N6O3. The summed E-state index contributed by atoms with van der Waals surface area (Å²) in [7, 11) is 0. The molecule has 1 fully saturated rings. The molecule has 1 saturated heterocycles. The van der Waals surface area contributed by atoms with Crippen molar-refractivity contribution < 1.29 is 4.79 Å². The number of aryl methyl sites for hydroxylation is 2. The second-order valence-electron chi connectivity index (χ2n) is 9.65. The fourth-order valence-corrected chi connectivity index (χ4v) is 4.64. The number of likely N-dealkylation sites (tertiary alicyclic amines) is 1. The summed E-state index contributed by atoms with van der Waals surface area (Å²) in [4.78, 5) is 47.4. The number of carbonyl (C=O) groups excluding carboxylic acids is 1. The highest BCUT2D eigenvalue weighted by Crippen LogP contribution is 2.17. The lowest BCUT2D eigenvalue weighted by molar-refractivity contribution is -0.122. The molecule has 0 spiro atoms. The van der Waals surface area contributed by atoms with Crippen molar-refractivity contribution >= 4 is 17.1 Å². The maximum Gasteiger partial charge on any atom is 0.330 e. The van der Waals surface area contributed by atoms with Crippen molar-refractivity contribution in [2.45, 2.75) is 91.8 Å². The Labute approximate surface area is 195 Å². The Morgan fingerprint density at radius 2 is 1.85 bits per heavy atom. The second kappa shape index (κ2) is 11.6. The van der Waals surface area contributed by atoms with Crippen LogP contribution < -0.4 is 16.6 Å². The van der Waals surface area contributed by atoms with Crippen LogP contribution in [0.3, 0.4) is 0 Å². The number of aromatic amines is 1. The molecule has 0 bridgehead atoms. The number of amides is 1. The van der Waals surface area contributed by atoms with Crippen LogP contribution in [0.4, 0.5) is 0 Å². The predicted molar refractivity (Wildman–Crippen MR) is 131 cm³/mol. The Kier molecular flexibility index (Phi) is 8.88. The van der Waals surface area contributed by atoms with Gasteiger partial charge in [-0.15, -0.1) is 0 Å². The largest absolute Gasteiger partial charge is 0.353 e. The number of hydrogen-bond donors (Lipinski definition) is 2. The summed E-state index contributed by atoms with van der Waals surface area (Å²) in [6.07, 6.45) is 5.63. The molecule has 2 N–H and O–H groups in total. The van der Waals surface area contributed by atoms with E-state index in [2.05, 4.69) is 42.9 Å². The van der Waals surface area contributed by atoms with Gasteiger partial charge in [0.1, 0.15) is 5.82 Å². The standard InChI is InChI=1S/C24H40N6O3/c1-5-7-13-29-22-21(23(32)27-24(29)33)30(16-17(3)4)19(26-22)8-9-20(31)25-18-10-14-28(12-6-2)15-11-18/h17-18H,5-16H2,1-4H3,(H,25,31)(H,27,32,33). The average Bonchev–Trinajstić information content (AvgIpc) is 3.11.